The summed E-state index contributed by atoms with van der Waals surface area (Å²) < 4.78 is 6.80. The minimum Gasteiger partial charge on any atom is -0.466 e. The summed E-state index contributed by atoms with van der Waals surface area (Å²) in [6.07, 6.45) is 3.08. The Balaban J connectivity index is 1.63. The van der Waals surface area contributed by atoms with Crippen molar-refractivity contribution in [2.24, 2.45) is 5.92 Å². The average molecular weight is 427 g/mol. The van der Waals surface area contributed by atoms with Gasteiger partial charge < -0.3 is 9.64 Å². The predicted octanol–water partition coefficient (Wildman–Crippen LogP) is 3.77. The highest BCUT2D eigenvalue weighted by molar-refractivity contribution is 6.33. The van der Waals surface area contributed by atoms with Crippen molar-refractivity contribution in [3.05, 3.63) is 52.8 Å². The molecule has 1 aliphatic rings. The Kier molecular flexibility index (Phi) is 5.72. The fraction of sp³-hybridized carbons (Fsp3) is 0.364. The molecule has 1 saturated heterocycles. The van der Waals surface area contributed by atoms with Gasteiger partial charge in [0.15, 0.2) is 5.65 Å². The van der Waals surface area contributed by atoms with Gasteiger partial charge in [-0.1, -0.05) is 29.8 Å². The van der Waals surface area contributed by atoms with Gasteiger partial charge in [-0.25, -0.2) is 9.50 Å². The van der Waals surface area contributed by atoms with Crippen LogP contribution in [0.25, 0.3) is 16.9 Å². The van der Waals surface area contributed by atoms with Crippen LogP contribution in [0.1, 0.15) is 35.8 Å². The number of aromatic nitrogens is 3. The minimum atomic E-state index is -0.281. The van der Waals surface area contributed by atoms with Crippen LogP contribution < -0.4 is 0 Å². The third-order valence-corrected chi connectivity index (χ3v) is 5.76. The summed E-state index contributed by atoms with van der Waals surface area (Å²) >= 11 is 6.30. The Morgan fingerprint density at radius 2 is 2.10 bits per heavy atom. The van der Waals surface area contributed by atoms with Crippen molar-refractivity contribution in [3.63, 3.8) is 0 Å². The first-order chi connectivity index (χ1) is 14.5. The van der Waals surface area contributed by atoms with Gasteiger partial charge in [-0.3, -0.25) is 9.59 Å². The first-order valence-corrected chi connectivity index (χ1v) is 10.4. The number of ether oxygens (including phenoxy) is 1. The Bertz CT molecular complexity index is 1110. The molecule has 1 aliphatic heterocycles. The van der Waals surface area contributed by atoms with Gasteiger partial charge >= 0.3 is 5.97 Å². The van der Waals surface area contributed by atoms with E-state index < -0.39 is 0 Å². The third kappa shape index (κ3) is 3.77. The van der Waals surface area contributed by atoms with Crippen molar-refractivity contribution >= 4 is 29.1 Å². The summed E-state index contributed by atoms with van der Waals surface area (Å²) in [4.78, 5) is 31.4. The number of hydrogen-bond acceptors (Lipinski definition) is 5. The van der Waals surface area contributed by atoms with Crippen LogP contribution in [0.4, 0.5) is 0 Å². The summed E-state index contributed by atoms with van der Waals surface area (Å²) in [6.45, 7) is 4.94. The fourth-order valence-electron chi connectivity index (χ4n) is 3.84. The van der Waals surface area contributed by atoms with Crippen LogP contribution in [0.15, 0.2) is 36.5 Å². The Labute approximate surface area is 179 Å². The highest BCUT2D eigenvalue weighted by Crippen LogP contribution is 2.28. The number of likely N-dealkylation sites (tertiary alicyclic amines) is 1. The van der Waals surface area contributed by atoms with Crippen LogP contribution in [0, 0.1) is 12.8 Å². The van der Waals surface area contributed by atoms with E-state index in [1.54, 1.807) is 22.5 Å². The maximum atomic E-state index is 13.2. The Morgan fingerprint density at radius 3 is 2.87 bits per heavy atom. The highest BCUT2D eigenvalue weighted by Gasteiger charge is 2.31. The summed E-state index contributed by atoms with van der Waals surface area (Å²) in [5.74, 6) is -0.668. The number of carbonyl (C=O) groups is 2. The van der Waals surface area contributed by atoms with Crippen LogP contribution in [-0.2, 0) is 9.53 Å². The van der Waals surface area contributed by atoms with Crippen molar-refractivity contribution in [3.8, 4) is 11.3 Å². The SMILES string of the molecule is CCOC(=O)C1CCCN(C(=O)c2cnc3cc(-c4ccccc4Cl)nn3c2C)C1. The van der Waals surface area contributed by atoms with Crippen LogP contribution in [0.3, 0.4) is 0 Å². The summed E-state index contributed by atoms with van der Waals surface area (Å²) in [6, 6.07) is 9.32. The molecule has 3 aromatic rings. The van der Waals surface area contributed by atoms with E-state index in [-0.39, 0.29) is 17.8 Å². The quantitative estimate of drug-likeness (QED) is 0.593. The van der Waals surface area contributed by atoms with Crippen molar-refractivity contribution in [2.45, 2.75) is 26.7 Å². The Hall–Kier alpha value is -2.93. The van der Waals surface area contributed by atoms with E-state index >= 15 is 0 Å². The summed E-state index contributed by atoms with van der Waals surface area (Å²) in [5.41, 5.74) is 3.32. The van der Waals surface area contributed by atoms with Crippen molar-refractivity contribution in [2.75, 3.05) is 19.7 Å². The molecule has 3 heterocycles. The van der Waals surface area contributed by atoms with E-state index in [0.717, 1.165) is 18.4 Å². The first-order valence-electron chi connectivity index (χ1n) is 10.1. The normalized spacial score (nSPS) is 16.6. The molecule has 1 amide bonds. The zero-order valence-electron chi connectivity index (χ0n) is 17.0. The lowest BCUT2D eigenvalue weighted by atomic mass is 9.97. The molecule has 156 valence electrons. The standard InChI is InChI=1S/C22H23ClN4O3/c1-3-30-22(29)15-7-6-10-26(13-15)21(28)17-12-24-20-11-19(25-27(20)14(17)2)16-8-4-5-9-18(16)23/h4-5,8-9,11-12,15H,3,6-7,10,13H2,1-2H3. The number of halogens is 1. The highest BCUT2D eigenvalue weighted by atomic mass is 35.5. The molecule has 0 bridgehead atoms. The predicted molar refractivity (Wildman–Crippen MR) is 113 cm³/mol. The van der Waals surface area contributed by atoms with Gasteiger partial charge in [0.2, 0.25) is 0 Å². The molecular weight excluding hydrogens is 404 g/mol. The minimum absolute atomic E-state index is 0.148. The second-order valence-electron chi connectivity index (χ2n) is 7.38. The molecule has 4 rings (SSSR count). The van der Waals surface area contributed by atoms with Crippen molar-refractivity contribution < 1.29 is 14.3 Å². The molecule has 0 aliphatic carbocycles. The topological polar surface area (TPSA) is 76.8 Å². The van der Waals surface area contributed by atoms with Gasteiger partial charge in [-0.2, -0.15) is 5.10 Å². The molecule has 2 aromatic heterocycles. The van der Waals surface area contributed by atoms with E-state index in [9.17, 15) is 9.59 Å². The number of rotatable bonds is 4. The first kappa shape index (κ1) is 20.3. The summed E-state index contributed by atoms with van der Waals surface area (Å²) in [5, 5.41) is 5.23. The van der Waals surface area contributed by atoms with Gasteiger partial charge in [0, 0.05) is 30.9 Å². The largest absolute Gasteiger partial charge is 0.466 e. The van der Waals surface area contributed by atoms with Crippen LogP contribution in [0.2, 0.25) is 5.02 Å². The molecule has 1 aromatic carbocycles. The number of fused-ring (bicyclic) bond motifs is 1. The van der Waals surface area contributed by atoms with Crippen molar-refractivity contribution in [1.29, 1.82) is 0 Å². The number of hydrogen-bond donors (Lipinski definition) is 0. The zero-order chi connectivity index (χ0) is 21.3. The smallest absolute Gasteiger partial charge is 0.310 e. The molecule has 0 N–H and O–H groups in total. The van der Waals surface area contributed by atoms with E-state index in [0.29, 0.717) is 47.3 Å². The molecule has 0 radical (unpaired) electrons. The van der Waals surface area contributed by atoms with Crippen LogP contribution >= 0.6 is 11.6 Å². The fourth-order valence-corrected chi connectivity index (χ4v) is 4.08. The van der Waals surface area contributed by atoms with Gasteiger partial charge in [0.05, 0.1) is 34.5 Å². The second-order valence-corrected chi connectivity index (χ2v) is 7.79. The van der Waals surface area contributed by atoms with Crippen LogP contribution in [0.5, 0.6) is 0 Å². The number of amides is 1. The maximum absolute atomic E-state index is 13.2. The number of nitrogens with zero attached hydrogens (tertiary/aromatic N) is 4. The zero-order valence-corrected chi connectivity index (χ0v) is 17.7. The molecule has 1 unspecified atom stereocenters. The van der Waals surface area contributed by atoms with Gasteiger partial charge in [0.1, 0.15) is 0 Å². The lowest BCUT2D eigenvalue weighted by Gasteiger charge is -2.31. The van der Waals surface area contributed by atoms with Crippen LogP contribution in [-0.4, -0.2) is 51.1 Å². The lowest BCUT2D eigenvalue weighted by molar-refractivity contribution is -0.149. The van der Waals surface area contributed by atoms with Gasteiger partial charge in [0.25, 0.3) is 5.91 Å². The molecule has 0 saturated carbocycles. The molecule has 8 heteroatoms. The average Bonchev–Trinajstić information content (AvgIpc) is 3.19. The van der Waals surface area contributed by atoms with E-state index in [2.05, 4.69) is 10.1 Å². The number of piperidine rings is 1. The second kappa shape index (κ2) is 8.44. The van der Waals surface area contributed by atoms with E-state index in [1.165, 1.54) is 0 Å². The molecule has 1 atom stereocenters. The summed E-state index contributed by atoms with van der Waals surface area (Å²) in [7, 11) is 0. The monoisotopic (exact) mass is 426 g/mol. The molecular formula is C22H23ClN4O3. The maximum Gasteiger partial charge on any atom is 0.310 e. The molecule has 7 nitrogen and oxygen atoms in total. The Morgan fingerprint density at radius 1 is 1.30 bits per heavy atom. The van der Waals surface area contributed by atoms with Crippen molar-refractivity contribution in [1.82, 2.24) is 19.5 Å². The molecule has 0 spiro atoms. The molecule has 1 fully saturated rings. The van der Waals surface area contributed by atoms with Gasteiger partial charge in [-0.15, -0.1) is 0 Å². The molecule has 30 heavy (non-hydrogen) atoms. The number of carbonyl (C=O) groups excluding carboxylic acids is 2. The van der Waals surface area contributed by atoms with E-state index in [4.69, 9.17) is 16.3 Å². The lowest BCUT2D eigenvalue weighted by Crippen LogP contribution is -2.43. The number of aryl methyl sites for hydroxylation is 1. The van der Waals surface area contributed by atoms with E-state index in [1.807, 2.05) is 37.3 Å². The number of benzene rings is 1. The van der Waals surface area contributed by atoms with Gasteiger partial charge in [-0.05, 0) is 32.8 Å². The number of esters is 1. The third-order valence-electron chi connectivity index (χ3n) is 5.43.